The Morgan fingerprint density at radius 2 is 1.32 bits per heavy atom. The van der Waals surface area contributed by atoms with Gasteiger partial charge in [-0.1, -0.05) is 66.7 Å². The summed E-state index contributed by atoms with van der Waals surface area (Å²) in [5, 5.41) is 10.9. The Kier molecular flexibility index (Phi) is 3.65. The summed E-state index contributed by atoms with van der Waals surface area (Å²) in [5.74, 6) is -0.370. The average molecular weight is 329 g/mol. The second kappa shape index (κ2) is 5.98. The molecule has 25 heavy (non-hydrogen) atoms. The minimum absolute atomic E-state index is 0.0305. The molecule has 4 heteroatoms. The second-order valence-electron chi connectivity index (χ2n) is 6.17. The summed E-state index contributed by atoms with van der Waals surface area (Å²) in [5.41, 5.74) is 3.66. The van der Waals surface area contributed by atoms with Crippen molar-refractivity contribution in [3.63, 3.8) is 0 Å². The van der Waals surface area contributed by atoms with Crippen LogP contribution in [0.2, 0.25) is 0 Å². The van der Waals surface area contributed by atoms with Crippen molar-refractivity contribution < 1.29 is 9.72 Å². The maximum atomic E-state index is 13.1. The third-order valence-corrected chi connectivity index (χ3v) is 4.80. The van der Waals surface area contributed by atoms with Gasteiger partial charge in [-0.15, -0.1) is 0 Å². The van der Waals surface area contributed by atoms with E-state index in [-0.39, 0.29) is 23.3 Å². The molecule has 3 aromatic rings. The molecule has 1 aliphatic carbocycles. The lowest BCUT2D eigenvalue weighted by atomic mass is 9.81. The zero-order valence-electron chi connectivity index (χ0n) is 13.3. The van der Waals surface area contributed by atoms with Crippen molar-refractivity contribution in [3.8, 4) is 0 Å². The highest BCUT2D eigenvalue weighted by Gasteiger charge is 2.41. The molecule has 4 nitrogen and oxygen atoms in total. The molecule has 0 spiro atoms. The molecule has 0 fully saturated rings. The van der Waals surface area contributed by atoms with Crippen molar-refractivity contribution in [2.75, 3.05) is 0 Å². The van der Waals surface area contributed by atoms with Crippen LogP contribution in [0.4, 0.5) is 5.69 Å². The molecule has 2 unspecified atom stereocenters. The van der Waals surface area contributed by atoms with Crippen molar-refractivity contribution >= 4 is 11.5 Å². The number of non-ortho nitro benzene ring substituents is 1. The van der Waals surface area contributed by atoms with Crippen LogP contribution in [0.3, 0.4) is 0 Å². The fourth-order valence-electron chi connectivity index (χ4n) is 3.67. The molecule has 3 aromatic carbocycles. The van der Waals surface area contributed by atoms with Gasteiger partial charge in [0.1, 0.15) is 0 Å². The Balaban J connectivity index is 1.85. The average Bonchev–Trinajstić information content (AvgIpc) is 2.95. The van der Waals surface area contributed by atoms with Gasteiger partial charge in [-0.3, -0.25) is 14.9 Å². The molecule has 0 N–H and O–H groups in total. The number of Topliss-reactive ketones (excluding diaryl/α,β-unsaturated/α-hetero) is 1. The number of hydrogen-bond donors (Lipinski definition) is 0. The van der Waals surface area contributed by atoms with Crippen molar-refractivity contribution in [2.45, 2.75) is 11.8 Å². The Morgan fingerprint density at radius 3 is 2.00 bits per heavy atom. The van der Waals surface area contributed by atoms with Crippen molar-refractivity contribution in [1.82, 2.24) is 0 Å². The van der Waals surface area contributed by atoms with Crippen LogP contribution in [0, 0.1) is 10.1 Å². The van der Waals surface area contributed by atoms with Gasteiger partial charge in [-0.05, 0) is 16.7 Å². The van der Waals surface area contributed by atoms with Gasteiger partial charge in [0.05, 0.1) is 10.8 Å². The summed E-state index contributed by atoms with van der Waals surface area (Å²) in [7, 11) is 0. The summed E-state index contributed by atoms with van der Waals surface area (Å²) in [6.45, 7) is 0. The smallest absolute Gasteiger partial charge is 0.269 e. The largest absolute Gasteiger partial charge is 0.293 e. The van der Waals surface area contributed by atoms with Crippen LogP contribution in [0.15, 0.2) is 78.9 Å². The van der Waals surface area contributed by atoms with Gasteiger partial charge in [0.2, 0.25) is 0 Å². The first-order chi connectivity index (χ1) is 12.2. The van der Waals surface area contributed by atoms with E-state index in [0.29, 0.717) is 0 Å². The highest BCUT2D eigenvalue weighted by atomic mass is 16.6. The summed E-state index contributed by atoms with van der Waals surface area (Å²) < 4.78 is 0. The number of hydrogen-bond acceptors (Lipinski definition) is 3. The Bertz CT molecular complexity index is 948. The number of rotatable bonds is 3. The number of fused-ring (bicyclic) bond motifs is 1. The van der Waals surface area contributed by atoms with Crippen LogP contribution in [0.5, 0.6) is 0 Å². The molecule has 0 saturated heterocycles. The molecular weight excluding hydrogens is 314 g/mol. The van der Waals surface area contributed by atoms with Gasteiger partial charge < -0.3 is 0 Å². The molecular formula is C21H15NO3. The standard InChI is InChI=1S/C21H15NO3/c23-21-18-9-5-4-8-17(18)19(14-6-2-1-3-7-14)20(21)15-10-12-16(13-11-15)22(24)25/h1-13,19-20H. The van der Waals surface area contributed by atoms with Gasteiger partial charge in [0.15, 0.2) is 5.78 Å². The van der Waals surface area contributed by atoms with E-state index in [0.717, 1.165) is 22.3 Å². The number of nitrogens with zero attached hydrogens (tertiary/aromatic N) is 1. The minimum Gasteiger partial charge on any atom is -0.293 e. The monoisotopic (exact) mass is 329 g/mol. The highest BCUT2D eigenvalue weighted by Crippen LogP contribution is 2.47. The summed E-state index contributed by atoms with van der Waals surface area (Å²) in [4.78, 5) is 23.5. The first-order valence-electron chi connectivity index (χ1n) is 8.09. The highest BCUT2D eigenvalue weighted by molar-refractivity contribution is 6.07. The molecule has 0 aromatic heterocycles. The number of nitro groups is 1. The lowest BCUT2D eigenvalue weighted by molar-refractivity contribution is -0.384. The van der Waals surface area contributed by atoms with Crippen LogP contribution in [-0.4, -0.2) is 10.7 Å². The molecule has 122 valence electrons. The third-order valence-electron chi connectivity index (χ3n) is 4.80. The molecule has 1 aliphatic rings. The quantitative estimate of drug-likeness (QED) is 0.516. The SMILES string of the molecule is O=C1c2ccccc2C(c2ccccc2)C1c1ccc([N+](=O)[O-])cc1. The molecule has 2 atom stereocenters. The lowest BCUT2D eigenvalue weighted by Gasteiger charge is -2.20. The first-order valence-corrected chi connectivity index (χ1v) is 8.09. The molecule has 4 rings (SSSR count). The van der Waals surface area contributed by atoms with Gasteiger partial charge in [0.25, 0.3) is 5.69 Å². The van der Waals surface area contributed by atoms with E-state index in [1.54, 1.807) is 12.1 Å². The summed E-state index contributed by atoms with van der Waals surface area (Å²) in [6, 6.07) is 23.9. The van der Waals surface area contributed by atoms with E-state index >= 15 is 0 Å². The Labute approximate surface area is 144 Å². The van der Waals surface area contributed by atoms with Gasteiger partial charge in [0, 0.05) is 23.6 Å². The molecule has 0 bridgehead atoms. The van der Waals surface area contributed by atoms with Crippen molar-refractivity contribution in [3.05, 3.63) is 111 Å². The van der Waals surface area contributed by atoms with E-state index in [4.69, 9.17) is 0 Å². The van der Waals surface area contributed by atoms with Gasteiger partial charge in [-0.2, -0.15) is 0 Å². The maximum Gasteiger partial charge on any atom is 0.269 e. The maximum absolute atomic E-state index is 13.1. The predicted molar refractivity (Wildman–Crippen MR) is 94.9 cm³/mol. The zero-order valence-corrected chi connectivity index (χ0v) is 13.3. The summed E-state index contributed by atoms with van der Waals surface area (Å²) >= 11 is 0. The van der Waals surface area contributed by atoms with Crippen LogP contribution in [0.25, 0.3) is 0 Å². The predicted octanol–water partition coefficient (Wildman–Crippen LogP) is 4.71. The van der Waals surface area contributed by atoms with Crippen LogP contribution in [0.1, 0.15) is 38.9 Å². The van der Waals surface area contributed by atoms with Gasteiger partial charge >= 0.3 is 0 Å². The Morgan fingerprint density at radius 1 is 0.720 bits per heavy atom. The van der Waals surface area contributed by atoms with E-state index in [2.05, 4.69) is 0 Å². The van der Waals surface area contributed by atoms with Crippen LogP contribution < -0.4 is 0 Å². The fraction of sp³-hybridized carbons (Fsp3) is 0.0952. The second-order valence-corrected chi connectivity index (χ2v) is 6.17. The number of ketones is 1. The normalized spacial score (nSPS) is 18.8. The molecule has 0 amide bonds. The zero-order chi connectivity index (χ0) is 17.4. The van der Waals surface area contributed by atoms with E-state index < -0.39 is 4.92 Å². The van der Waals surface area contributed by atoms with Crippen molar-refractivity contribution in [1.29, 1.82) is 0 Å². The minimum atomic E-state index is -0.427. The lowest BCUT2D eigenvalue weighted by Crippen LogP contribution is -2.13. The Hall–Kier alpha value is -3.27. The number of nitro benzene ring substituents is 1. The first kappa shape index (κ1) is 15.3. The molecule has 0 radical (unpaired) electrons. The number of benzene rings is 3. The van der Waals surface area contributed by atoms with Crippen molar-refractivity contribution in [2.24, 2.45) is 0 Å². The number of carbonyl (C=O) groups excluding carboxylic acids is 1. The van der Waals surface area contributed by atoms with Crippen LogP contribution >= 0.6 is 0 Å². The van der Waals surface area contributed by atoms with Crippen LogP contribution in [-0.2, 0) is 0 Å². The third kappa shape index (κ3) is 2.52. The molecule has 0 aliphatic heterocycles. The molecule has 0 heterocycles. The van der Waals surface area contributed by atoms with E-state index in [9.17, 15) is 14.9 Å². The molecule has 0 saturated carbocycles. The summed E-state index contributed by atoms with van der Waals surface area (Å²) in [6.07, 6.45) is 0. The van der Waals surface area contributed by atoms with E-state index in [1.807, 2.05) is 54.6 Å². The fourth-order valence-corrected chi connectivity index (χ4v) is 3.67. The van der Waals surface area contributed by atoms with E-state index in [1.165, 1.54) is 12.1 Å². The van der Waals surface area contributed by atoms with Gasteiger partial charge in [-0.25, -0.2) is 0 Å². The number of carbonyl (C=O) groups is 1. The topological polar surface area (TPSA) is 60.2 Å².